The van der Waals surface area contributed by atoms with Gasteiger partial charge in [-0.05, 0) is 47.0 Å². The maximum absolute atomic E-state index is 11.8. The van der Waals surface area contributed by atoms with Crippen molar-refractivity contribution >= 4 is 34.0 Å². The highest BCUT2D eigenvalue weighted by atomic mass is 16.5. The molecule has 0 amide bonds. The zero-order chi connectivity index (χ0) is 27.7. The van der Waals surface area contributed by atoms with E-state index in [0.717, 1.165) is 22.3 Å². The van der Waals surface area contributed by atoms with Crippen molar-refractivity contribution in [1.82, 2.24) is 25.3 Å². The van der Waals surface area contributed by atoms with Gasteiger partial charge in [-0.15, -0.1) is 10.2 Å². The molecule has 11 nitrogen and oxygen atoms in total. The fraction of sp³-hybridized carbons (Fsp3) is 0.0714. The van der Waals surface area contributed by atoms with Crippen LogP contribution in [-0.2, 0) is 0 Å². The van der Waals surface area contributed by atoms with Crippen LogP contribution in [0.5, 0.6) is 11.5 Å². The average Bonchev–Trinajstić information content (AvgIpc) is 2.89. The first-order valence-electron chi connectivity index (χ1n) is 11.9. The van der Waals surface area contributed by atoms with Crippen LogP contribution in [0.3, 0.4) is 0 Å². The van der Waals surface area contributed by atoms with E-state index < -0.39 is 0 Å². The van der Waals surface area contributed by atoms with Gasteiger partial charge in [0.15, 0.2) is 0 Å². The Balaban J connectivity index is 0.000000158. The molecule has 0 saturated carbocycles. The molecule has 0 bridgehead atoms. The van der Waals surface area contributed by atoms with Gasteiger partial charge in [0, 0.05) is 29.3 Å². The number of rotatable bonds is 2. The molecule has 0 atom stereocenters. The summed E-state index contributed by atoms with van der Waals surface area (Å²) < 4.78 is 0. The number of aryl methyl sites for hydroxylation is 2. The SMILES string of the molecule is Cc1ccccc1-c1cc2c(cc1O)nc(N)n[n+]2[O-].Cc1ccccc1-c1cc2nnc(N)nc2cc1O. The highest BCUT2D eigenvalue weighted by molar-refractivity contribution is 5.87. The van der Waals surface area contributed by atoms with Gasteiger partial charge < -0.3 is 26.9 Å². The summed E-state index contributed by atoms with van der Waals surface area (Å²) in [6, 6.07) is 21.7. The van der Waals surface area contributed by atoms with E-state index in [9.17, 15) is 15.4 Å². The minimum atomic E-state index is -0.129. The Morgan fingerprint density at radius 1 is 0.641 bits per heavy atom. The van der Waals surface area contributed by atoms with Crippen LogP contribution in [0, 0.1) is 19.1 Å². The molecule has 0 spiro atoms. The van der Waals surface area contributed by atoms with Crippen LogP contribution in [0.1, 0.15) is 11.1 Å². The number of aromatic hydroxyl groups is 2. The zero-order valence-electron chi connectivity index (χ0n) is 21.1. The third-order valence-electron chi connectivity index (χ3n) is 6.19. The molecule has 0 unspecified atom stereocenters. The fourth-order valence-electron chi connectivity index (χ4n) is 4.27. The van der Waals surface area contributed by atoms with Crippen LogP contribution in [0.2, 0.25) is 0 Å². The first-order chi connectivity index (χ1) is 18.7. The third-order valence-corrected chi connectivity index (χ3v) is 6.19. The Bertz CT molecular complexity index is 1860. The lowest BCUT2D eigenvalue weighted by molar-refractivity contribution is -0.641. The zero-order valence-corrected chi connectivity index (χ0v) is 21.1. The van der Waals surface area contributed by atoms with Crippen molar-refractivity contribution in [3.63, 3.8) is 0 Å². The standard InChI is InChI=1S/C14H12N4O2.C14H12N4O/c1-8-4-2-3-5-9(8)10-6-12-11(7-13(10)19)16-14(15)17-18(12)20;1-8-4-2-3-5-9(8)10-6-12-11(7-13(10)19)16-14(15)18-17-12/h2-7,19H,1H3,(H2,15,16,17);2-7,19H,1H3,(H2,15,16,18). The van der Waals surface area contributed by atoms with Crippen molar-refractivity contribution in [2.24, 2.45) is 0 Å². The summed E-state index contributed by atoms with van der Waals surface area (Å²) >= 11 is 0. The number of nitrogens with zero attached hydrogens (tertiary/aromatic N) is 6. The van der Waals surface area contributed by atoms with E-state index in [0.29, 0.717) is 32.5 Å². The molecule has 0 fully saturated rings. The second-order valence-corrected chi connectivity index (χ2v) is 8.86. The summed E-state index contributed by atoms with van der Waals surface area (Å²) in [5.74, 6) is 0.165. The van der Waals surface area contributed by atoms with Gasteiger partial charge in [0.2, 0.25) is 5.95 Å². The van der Waals surface area contributed by atoms with Crippen molar-refractivity contribution in [2.75, 3.05) is 11.5 Å². The topological polar surface area (TPSA) is 184 Å². The van der Waals surface area contributed by atoms with Gasteiger partial charge >= 0.3 is 0 Å². The molecule has 0 saturated heterocycles. The molecular formula is C28H24N8O3. The predicted molar refractivity (Wildman–Crippen MR) is 148 cm³/mol. The maximum atomic E-state index is 11.8. The number of nitrogen functional groups attached to an aromatic ring is 2. The number of fused-ring (bicyclic) bond motifs is 2. The van der Waals surface area contributed by atoms with Gasteiger partial charge in [-0.25, -0.2) is 9.97 Å². The Morgan fingerprint density at radius 2 is 1.18 bits per heavy atom. The van der Waals surface area contributed by atoms with Crippen LogP contribution >= 0.6 is 0 Å². The van der Waals surface area contributed by atoms with Crippen molar-refractivity contribution < 1.29 is 15.1 Å². The molecule has 11 heteroatoms. The molecule has 2 heterocycles. The number of hydrogen-bond donors (Lipinski definition) is 4. The van der Waals surface area contributed by atoms with E-state index in [4.69, 9.17) is 11.5 Å². The van der Waals surface area contributed by atoms with Gasteiger partial charge in [0.05, 0.1) is 10.6 Å². The number of aromatic nitrogens is 6. The molecule has 0 aliphatic carbocycles. The van der Waals surface area contributed by atoms with Gasteiger partial charge in [-0.3, -0.25) is 0 Å². The predicted octanol–water partition coefficient (Wildman–Crippen LogP) is 3.81. The van der Waals surface area contributed by atoms with Crippen LogP contribution < -0.4 is 16.3 Å². The number of benzene rings is 4. The van der Waals surface area contributed by atoms with Crippen molar-refractivity contribution in [1.29, 1.82) is 0 Å². The van der Waals surface area contributed by atoms with E-state index in [1.165, 1.54) is 6.07 Å². The number of nitrogens with two attached hydrogens (primary N) is 2. The van der Waals surface area contributed by atoms with Gasteiger partial charge in [-0.1, -0.05) is 48.5 Å². The number of phenolic OH excluding ortho intramolecular Hbond substituents is 2. The van der Waals surface area contributed by atoms with Crippen molar-refractivity contribution in [3.05, 3.63) is 89.1 Å². The van der Waals surface area contributed by atoms with Gasteiger partial charge in [0.1, 0.15) is 22.5 Å². The van der Waals surface area contributed by atoms with E-state index in [1.54, 1.807) is 18.2 Å². The second-order valence-electron chi connectivity index (χ2n) is 8.86. The average molecular weight is 521 g/mol. The molecule has 6 rings (SSSR count). The molecule has 4 aromatic carbocycles. The molecule has 6 aromatic rings. The second kappa shape index (κ2) is 10.1. The molecule has 0 radical (unpaired) electrons. The van der Waals surface area contributed by atoms with E-state index in [2.05, 4.69) is 25.3 Å². The summed E-state index contributed by atoms with van der Waals surface area (Å²) in [5.41, 5.74) is 17.8. The summed E-state index contributed by atoms with van der Waals surface area (Å²) in [5, 5.41) is 43.3. The Kier molecular flexibility index (Phi) is 6.47. The highest BCUT2D eigenvalue weighted by Gasteiger charge is 2.16. The van der Waals surface area contributed by atoms with Crippen LogP contribution in [-0.4, -0.2) is 35.5 Å². The molecule has 194 valence electrons. The van der Waals surface area contributed by atoms with Crippen molar-refractivity contribution in [3.8, 4) is 33.8 Å². The van der Waals surface area contributed by atoms with E-state index in [-0.39, 0.29) is 28.9 Å². The highest BCUT2D eigenvalue weighted by Crippen LogP contribution is 2.35. The first-order valence-corrected chi connectivity index (χ1v) is 11.9. The monoisotopic (exact) mass is 520 g/mol. The molecule has 39 heavy (non-hydrogen) atoms. The maximum Gasteiger partial charge on any atom is 0.288 e. The van der Waals surface area contributed by atoms with Crippen LogP contribution in [0.4, 0.5) is 11.9 Å². The number of anilines is 2. The minimum Gasteiger partial charge on any atom is -0.594 e. The molecule has 2 aromatic heterocycles. The van der Waals surface area contributed by atoms with Gasteiger partial charge in [-0.2, -0.15) is 0 Å². The minimum absolute atomic E-state index is 0.0462. The first kappa shape index (κ1) is 25.1. The molecule has 0 aliphatic rings. The summed E-state index contributed by atoms with van der Waals surface area (Å²) in [7, 11) is 0. The molecular weight excluding hydrogens is 496 g/mol. The third kappa shape index (κ3) is 5.01. The van der Waals surface area contributed by atoms with E-state index in [1.807, 2.05) is 62.4 Å². The van der Waals surface area contributed by atoms with Crippen LogP contribution in [0.15, 0.2) is 72.8 Å². The fourth-order valence-corrected chi connectivity index (χ4v) is 4.27. The lowest BCUT2D eigenvalue weighted by Gasteiger charge is -2.09. The van der Waals surface area contributed by atoms with Gasteiger partial charge in [0.25, 0.3) is 11.5 Å². The van der Waals surface area contributed by atoms with E-state index >= 15 is 0 Å². The van der Waals surface area contributed by atoms with Crippen molar-refractivity contribution in [2.45, 2.75) is 13.8 Å². The summed E-state index contributed by atoms with van der Waals surface area (Å²) in [6.45, 7) is 3.93. The number of hydrogen-bond acceptors (Lipinski definition) is 10. The normalized spacial score (nSPS) is 10.8. The lowest BCUT2D eigenvalue weighted by atomic mass is 9.99. The van der Waals surface area contributed by atoms with Crippen LogP contribution in [0.25, 0.3) is 44.3 Å². The summed E-state index contributed by atoms with van der Waals surface area (Å²) in [6.07, 6.45) is 0. The Hall–Kier alpha value is -5.58. The Labute approximate surface area is 222 Å². The molecule has 0 aliphatic heterocycles. The largest absolute Gasteiger partial charge is 0.594 e. The lowest BCUT2D eigenvalue weighted by Crippen LogP contribution is -2.33. The quantitative estimate of drug-likeness (QED) is 0.193. The smallest absolute Gasteiger partial charge is 0.288 e. The number of phenols is 2. The Morgan fingerprint density at radius 3 is 1.79 bits per heavy atom. The molecule has 6 N–H and O–H groups in total. The summed E-state index contributed by atoms with van der Waals surface area (Å²) in [4.78, 5) is 8.39.